The van der Waals surface area contributed by atoms with Crippen LogP contribution in [0.3, 0.4) is 0 Å². The van der Waals surface area contributed by atoms with Crippen molar-refractivity contribution in [1.29, 1.82) is 0 Å². The molecule has 15 valence electrons. The molecular formula is LaLi2Pt. The van der Waals surface area contributed by atoms with E-state index in [9.17, 15) is 0 Å². The Morgan fingerprint density at radius 1 is 0.750 bits per heavy atom. The standard InChI is InChI=1S/La.2Li.Pt. The zero-order valence-electron chi connectivity index (χ0n) is 2.89. The van der Waals surface area contributed by atoms with Crippen molar-refractivity contribution in [3.8, 4) is 0 Å². The minimum atomic E-state index is 0. The molecule has 0 aromatic rings. The molecule has 0 aliphatic heterocycles. The van der Waals surface area contributed by atoms with Crippen molar-refractivity contribution in [2.45, 2.75) is 0 Å². The van der Waals surface area contributed by atoms with Gasteiger partial charge in [0.15, 0.2) is 0 Å². The van der Waals surface area contributed by atoms with E-state index in [4.69, 9.17) is 0 Å². The second-order valence-electron chi connectivity index (χ2n) is 0. The van der Waals surface area contributed by atoms with Crippen LogP contribution >= 0.6 is 0 Å². The van der Waals surface area contributed by atoms with E-state index in [0.717, 1.165) is 0 Å². The molecule has 4 heteroatoms. The van der Waals surface area contributed by atoms with Crippen LogP contribution in [0.2, 0.25) is 0 Å². The van der Waals surface area contributed by atoms with Crippen molar-refractivity contribution < 1.29 is 56.7 Å². The van der Waals surface area contributed by atoms with E-state index in [1.54, 1.807) is 0 Å². The van der Waals surface area contributed by atoms with Crippen molar-refractivity contribution in [3.05, 3.63) is 0 Å². The van der Waals surface area contributed by atoms with Gasteiger partial charge < -0.3 is 0 Å². The second-order valence-corrected chi connectivity index (χ2v) is 0. The van der Waals surface area contributed by atoms with Crippen molar-refractivity contribution in [2.24, 2.45) is 0 Å². The van der Waals surface area contributed by atoms with Gasteiger partial charge in [-0.05, 0) is 0 Å². The Bertz CT molecular complexity index is 6.00. The molecular weight excluding hydrogens is 348 g/mol. The number of hydrogen-bond donors (Lipinski definition) is 0. The molecule has 3 radical (unpaired) electrons. The largest absolute Gasteiger partial charge is 0 e. The van der Waals surface area contributed by atoms with Crippen molar-refractivity contribution >= 4 is 37.7 Å². The maximum Gasteiger partial charge on any atom is 0 e. The second kappa shape index (κ2) is 16.5. The monoisotopic (exact) mass is 348 g/mol. The average molecular weight is 348 g/mol. The molecule has 0 spiro atoms. The Labute approximate surface area is 92.5 Å². The summed E-state index contributed by atoms with van der Waals surface area (Å²) < 4.78 is 0. The van der Waals surface area contributed by atoms with Crippen LogP contribution in [0.25, 0.3) is 0 Å². The molecule has 0 amide bonds. The first-order valence-corrected chi connectivity index (χ1v) is 0. The van der Waals surface area contributed by atoms with E-state index >= 15 is 0 Å². The first-order chi connectivity index (χ1) is 0. The summed E-state index contributed by atoms with van der Waals surface area (Å²) in [5, 5.41) is 0. The van der Waals surface area contributed by atoms with Gasteiger partial charge in [-0.2, -0.15) is 0 Å². The molecule has 0 saturated heterocycles. The summed E-state index contributed by atoms with van der Waals surface area (Å²) in [6.07, 6.45) is 0. The summed E-state index contributed by atoms with van der Waals surface area (Å²) in [5.74, 6) is 0. The number of rotatable bonds is 0. The SMILES string of the molecule is [La].[Li].[Li].[Pt]. The van der Waals surface area contributed by atoms with E-state index in [1.165, 1.54) is 0 Å². The van der Waals surface area contributed by atoms with Gasteiger partial charge in [-0.25, -0.2) is 0 Å². The molecule has 0 fully saturated rings. The molecule has 0 aliphatic carbocycles. The van der Waals surface area contributed by atoms with Gasteiger partial charge in [0.1, 0.15) is 0 Å². The molecule has 0 unspecified atom stereocenters. The maximum atomic E-state index is 0. The zero-order chi connectivity index (χ0) is 0. The van der Waals surface area contributed by atoms with Gasteiger partial charge in [0.2, 0.25) is 0 Å². The molecule has 0 aromatic carbocycles. The molecule has 0 aromatic heterocycles. The van der Waals surface area contributed by atoms with Crippen LogP contribution < -0.4 is 0 Å². The third-order valence-corrected chi connectivity index (χ3v) is 0. The van der Waals surface area contributed by atoms with Crippen LogP contribution in [-0.2, 0) is 21.1 Å². The van der Waals surface area contributed by atoms with Gasteiger partial charge in [-0.3, -0.25) is 0 Å². The van der Waals surface area contributed by atoms with Gasteiger partial charge in [-0.15, -0.1) is 0 Å². The normalized spacial score (nSPS) is 0. The molecule has 0 bridgehead atoms. The molecule has 0 aliphatic rings. The average Bonchev–Trinajstić information content (AvgIpc) is 0. The summed E-state index contributed by atoms with van der Waals surface area (Å²) in [6.45, 7) is 0. The summed E-state index contributed by atoms with van der Waals surface area (Å²) in [5.41, 5.74) is 0. The molecule has 0 heterocycles. The molecule has 4 heavy (non-hydrogen) atoms. The smallest absolute Gasteiger partial charge is 0 e. The third-order valence-electron chi connectivity index (χ3n) is 0. The Kier molecular flexibility index (Phi) is 114. The zero-order valence-corrected chi connectivity index (χ0v) is 8.79. The Morgan fingerprint density at radius 2 is 0.750 bits per heavy atom. The van der Waals surface area contributed by atoms with E-state index < -0.39 is 0 Å². The molecule has 0 N–H and O–H groups in total. The van der Waals surface area contributed by atoms with Crippen LogP contribution in [-0.4, -0.2) is 37.7 Å². The molecule has 0 atom stereocenters. The summed E-state index contributed by atoms with van der Waals surface area (Å²) in [4.78, 5) is 0. The quantitative estimate of drug-likeness (QED) is 0.505. The van der Waals surface area contributed by atoms with Crippen molar-refractivity contribution in [3.63, 3.8) is 0 Å². The summed E-state index contributed by atoms with van der Waals surface area (Å²) in [7, 11) is 0. The fourth-order valence-electron chi connectivity index (χ4n) is 0. The fourth-order valence-corrected chi connectivity index (χ4v) is 0. The predicted molar refractivity (Wildman–Crippen MR) is 11.5 cm³/mol. The first-order valence-electron chi connectivity index (χ1n) is 0. The van der Waals surface area contributed by atoms with Gasteiger partial charge in [0.25, 0.3) is 0 Å². The van der Waals surface area contributed by atoms with Crippen LogP contribution in [0.5, 0.6) is 0 Å². The van der Waals surface area contributed by atoms with Crippen LogP contribution in [0, 0.1) is 35.6 Å². The van der Waals surface area contributed by atoms with Crippen molar-refractivity contribution in [1.82, 2.24) is 0 Å². The van der Waals surface area contributed by atoms with E-state index in [-0.39, 0.29) is 94.4 Å². The summed E-state index contributed by atoms with van der Waals surface area (Å²) in [6, 6.07) is 0. The Hall–Kier alpha value is 3.08. The van der Waals surface area contributed by atoms with Crippen LogP contribution in [0.1, 0.15) is 0 Å². The topological polar surface area (TPSA) is 0 Å². The molecule has 0 saturated carbocycles. The van der Waals surface area contributed by atoms with Gasteiger partial charge in [0, 0.05) is 94.4 Å². The minimum absolute atomic E-state index is 0. The number of hydrogen-bond acceptors (Lipinski definition) is 0. The van der Waals surface area contributed by atoms with Gasteiger partial charge in [0.05, 0.1) is 0 Å². The first kappa shape index (κ1) is 27.6. The maximum absolute atomic E-state index is 0. The fraction of sp³-hybridized carbons (Fsp3) is 0. The Balaban J connectivity index is 0. The van der Waals surface area contributed by atoms with Gasteiger partial charge >= 0.3 is 0 Å². The van der Waals surface area contributed by atoms with E-state index in [1.807, 2.05) is 0 Å². The van der Waals surface area contributed by atoms with Gasteiger partial charge in [-0.1, -0.05) is 0 Å². The molecule has 0 nitrogen and oxygen atoms in total. The van der Waals surface area contributed by atoms with E-state index in [2.05, 4.69) is 0 Å². The summed E-state index contributed by atoms with van der Waals surface area (Å²) >= 11 is 0. The van der Waals surface area contributed by atoms with Crippen LogP contribution in [0.4, 0.5) is 0 Å². The third kappa shape index (κ3) is 8.91. The van der Waals surface area contributed by atoms with E-state index in [0.29, 0.717) is 0 Å². The predicted octanol–water partition coefficient (Wildman–Crippen LogP) is -0.764. The molecule has 0 rings (SSSR count). The minimum Gasteiger partial charge on any atom is 0 e. The van der Waals surface area contributed by atoms with Crippen molar-refractivity contribution in [2.75, 3.05) is 0 Å². The Morgan fingerprint density at radius 3 is 0.750 bits per heavy atom. The van der Waals surface area contributed by atoms with Crippen LogP contribution in [0.15, 0.2) is 0 Å².